The maximum absolute atomic E-state index is 11.5. The molecule has 0 unspecified atom stereocenters. The van der Waals surface area contributed by atoms with Crippen LogP contribution in [0.3, 0.4) is 0 Å². The maximum atomic E-state index is 11.5. The average Bonchev–Trinajstić information content (AvgIpc) is 2.70. The Bertz CT molecular complexity index is 392. The fourth-order valence-corrected chi connectivity index (χ4v) is 2.19. The van der Waals surface area contributed by atoms with E-state index in [9.17, 15) is 4.79 Å². The van der Waals surface area contributed by atoms with Crippen molar-refractivity contribution in [2.45, 2.75) is 12.8 Å². The van der Waals surface area contributed by atoms with E-state index in [0.29, 0.717) is 24.9 Å². The minimum absolute atomic E-state index is 0.110. The van der Waals surface area contributed by atoms with E-state index in [0.717, 1.165) is 3.79 Å². The smallest absolute Gasteiger partial charge is 0.252 e. The Labute approximate surface area is 105 Å². The van der Waals surface area contributed by atoms with E-state index >= 15 is 0 Å². The van der Waals surface area contributed by atoms with Gasteiger partial charge in [0.05, 0.1) is 9.35 Å². The number of carbonyl (C=O) groups excluding carboxylic acids is 1. The molecule has 5 nitrogen and oxygen atoms in total. The lowest BCUT2D eigenvalue weighted by atomic mass is 10.2. The Morgan fingerprint density at radius 3 is 3.00 bits per heavy atom. The number of thiophene rings is 1. The molecule has 0 bridgehead atoms. The number of nitrogens with zero attached hydrogens (tertiary/aromatic N) is 1. The number of hydrogen-bond donors (Lipinski definition) is 3. The number of oxime groups is 1. The molecule has 1 amide bonds. The van der Waals surface area contributed by atoms with Crippen molar-refractivity contribution in [1.29, 1.82) is 0 Å². The summed E-state index contributed by atoms with van der Waals surface area (Å²) in [6.07, 6.45) is 1.11. The van der Waals surface area contributed by atoms with Crippen LogP contribution in [0.15, 0.2) is 20.4 Å². The van der Waals surface area contributed by atoms with Crippen LogP contribution in [0.2, 0.25) is 0 Å². The zero-order valence-electron chi connectivity index (χ0n) is 8.44. The zero-order valence-corrected chi connectivity index (χ0v) is 10.8. The Morgan fingerprint density at radius 1 is 1.69 bits per heavy atom. The predicted molar refractivity (Wildman–Crippen MR) is 67.0 cm³/mol. The molecule has 0 aliphatic rings. The van der Waals surface area contributed by atoms with Gasteiger partial charge in [0.2, 0.25) is 0 Å². The summed E-state index contributed by atoms with van der Waals surface area (Å²) in [5, 5.41) is 15.7. The molecule has 4 N–H and O–H groups in total. The minimum Gasteiger partial charge on any atom is -0.409 e. The summed E-state index contributed by atoms with van der Waals surface area (Å²) in [7, 11) is 0. The molecule has 0 aliphatic heterocycles. The second-order valence-electron chi connectivity index (χ2n) is 3.09. The molecule has 0 saturated carbocycles. The predicted octanol–water partition coefficient (Wildman–Crippen LogP) is 1.77. The monoisotopic (exact) mass is 305 g/mol. The van der Waals surface area contributed by atoms with Crippen molar-refractivity contribution >= 4 is 39.0 Å². The van der Waals surface area contributed by atoms with Crippen LogP contribution in [-0.2, 0) is 0 Å². The lowest BCUT2D eigenvalue weighted by molar-refractivity contribution is 0.0954. The van der Waals surface area contributed by atoms with Crippen molar-refractivity contribution in [3.63, 3.8) is 0 Å². The second-order valence-corrected chi connectivity index (χ2v) is 5.38. The van der Waals surface area contributed by atoms with Crippen LogP contribution >= 0.6 is 27.3 Å². The zero-order chi connectivity index (χ0) is 12.0. The highest BCUT2D eigenvalue weighted by Crippen LogP contribution is 2.20. The van der Waals surface area contributed by atoms with Crippen molar-refractivity contribution in [2.24, 2.45) is 10.9 Å². The minimum atomic E-state index is -0.110. The van der Waals surface area contributed by atoms with Gasteiger partial charge in [0.1, 0.15) is 5.84 Å². The van der Waals surface area contributed by atoms with Gasteiger partial charge in [-0.3, -0.25) is 4.79 Å². The molecule has 1 aromatic heterocycles. The summed E-state index contributed by atoms with van der Waals surface area (Å²) >= 11 is 4.75. The van der Waals surface area contributed by atoms with Crippen molar-refractivity contribution in [2.75, 3.05) is 6.54 Å². The number of nitrogens with one attached hydrogen (secondary N) is 1. The van der Waals surface area contributed by atoms with Gasteiger partial charge in [-0.05, 0) is 28.4 Å². The van der Waals surface area contributed by atoms with E-state index in [2.05, 4.69) is 26.4 Å². The van der Waals surface area contributed by atoms with Crippen LogP contribution in [0.1, 0.15) is 23.2 Å². The summed E-state index contributed by atoms with van der Waals surface area (Å²) in [6.45, 7) is 0.502. The molecule has 0 fully saturated rings. The van der Waals surface area contributed by atoms with Gasteiger partial charge in [0.25, 0.3) is 5.91 Å². The summed E-state index contributed by atoms with van der Waals surface area (Å²) in [5.41, 5.74) is 5.93. The van der Waals surface area contributed by atoms with Crippen LogP contribution in [-0.4, -0.2) is 23.5 Å². The van der Waals surface area contributed by atoms with Gasteiger partial charge in [0.15, 0.2) is 0 Å². The third-order valence-corrected chi connectivity index (χ3v) is 3.36. The molecule has 1 heterocycles. The van der Waals surface area contributed by atoms with Gasteiger partial charge in [-0.15, -0.1) is 11.3 Å². The van der Waals surface area contributed by atoms with E-state index in [-0.39, 0.29) is 11.7 Å². The second kappa shape index (κ2) is 6.49. The highest BCUT2D eigenvalue weighted by atomic mass is 79.9. The van der Waals surface area contributed by atoms with Crippen molar-refractivity contribution in [3.05, 3.63) is 20.8 Å². The molecule has 7 heteroatoms. The van der Waals surface area contributed by atoms with E-state index in [4.69, 9.17) is 10.9 Å². The quantitative estimate of drug-likeness (QED) is 0.255. The largest absolute Gasteiger partial charge is 0.409 e. The first-order valence-corrected chi connectivity index (χ1v) is 6.29. The third kappa shape index (κ3) is 4.19. The number of nitrogens with two attached hydrogens (primary N) is 1. The fourth-order valence-electron chi connectivity index (χ4n) is 1.05. The first-order chi connectivity index (χ1) is 7.63. The summed E-state index contributed by atoms with van der Waals surface area (Å²) in [4.78, 5) is 11.5. The van der Waals surface area contributed by atoms with Gasteiger partial charge in [0, 0.05) is 18.3 Å². The molecule has 1 rings (SSSR count). The van der Waals surface area contributed by atoms with E-state index in [1.54, 1.807) is 11.4 Å². The lowest BCUT2D eigenvalue weighted by Crippen LogP contribution is -2.25. The highest BCUT2D eigenvalue weighted by Gasteiger charge is 2.06. The molecule has 0 radical (unpaired) electrons. The topological polar surface area (TPSA) is 87.7 Å². The van der Waals surface area contributed by atoms with E-state index < -0.39 is 0 Å². The van der Waals surface area contributed by atoms with Crippen LogP contribution < -0.4 is 11.1 Å². The number of halogens is 1. The standard InChI is InChI=1S/C9H12BrN3O2S/c10-7-4-6(5-16-7)9(14)12-3-1-2-8(11)13-15/h4-5,15H,1-3H2,(H2,11,13)(H,12,14). The lowest BCUT2D eigenvalue weighted by Gasteiger charge is -2.02. The number of carbonyl (C=O) groups is 1. The van der Waals surface area contributed by atoms with Crippen LogP contribution in [0.4, 0.5) is 0 Å². The van der Waals surface area contributed by atoms with Gasteiger partial charge in [-0.2, -0.15) is 0 Å². The molecule has 0 saturated heterocycles. The number of amidine groups is 1. The normalized spacial score (nSPS) is 11.4. The van der Waals surface area contributed by atoms with E-state index in [1.807, 2.05) is 0 Å². The first-order valence-electron chi connectivity index (χ1n) is 4.62. The van der Waals surface area contributed by atoms with Crippen LogP contribution in [0.5, 0.6) is 0 Å². The molecule has 88 valence electrons. The van der Waals surface area contributed by atoms with Crippen molar-refractivity contribution in [1.82, 2.24) is 5.32 Å². The SMILES string of the molecule is NC(CCCNC(=O)c1csc(Br)c1)=NO. The fraction of sp³-hybridized carbons (Fsp3) is 0.333. The molecule has 0 spiro atoms. The maximum Gasteiger partial charge on any atom is 0.252 e. The molecular weight excluding hydrogens is 294 g/mol. The Kier molecular flexibility index (Phi) is 5.27. The Balaban J connectivity index is 2.26. The number of rotatable bonds is 5. The van der Waals surface area contributed by atoms with Gasteiger partial charge in [-0.1, -0.05) is 5.16 Å². The summed E-state index contributed by atoms with van der Waals surface area (Å²) in [6, 6.07) is 1.77. The Morgan fingerprint density at radius 2 is 2.44 bits per heavy atom. The first kappa shape index (κ1) is 13.0. The molecule has 1 aromatic rings. The van der Waals surface area contributed by atoms with Gasteiger partial charge in [-0.25, -0.2) is 0 Å². The number of amides is 1. The van der Waals surface area contributed by atoms with Crippen molar-refractivity contribution < 1.29 is 10.0 Å². The Hall–Kier alpha value is -1.08. The highest BCUT2D eigenvalue weighted by molar-refractivity contribution is 9.11. The molecule has 0 aromatic carbocycles. The summed E-state index contributed by atoms with van der Waals surface area (Å²) in [5.74, 6) is 0.0639. The van der Waals surface area contributed by atoms with Gasteiger partial charge < -0.3 is 16.3 Å². The van der Waals surface area contributed by atoms with Gasteiger partial charge >= 0.3 is 0 Å². The average molecular weight is 306 g/mol. The van der Waals surface area contributed by atoms with E-state index in [1.165, 1.54) is 11.3 Å². The molecule has 0 atom stereocenters. The van der Waals surface area contributed by atoms with Crippen LogP contribution in [0.25, 0.3) is 0 Å². The molecule has 16 heavy (non-hydrogen) atoms. The molecular formula is C9H12BrN3O2S. The van der Waals surface area contributed by atoms with Crippen LogP contribution in [0, 0.1) is 0 Å². The summed E-state index contributed by atoms with van der Waals surface area (Å²) < 4.78 is 0.925. The van der Waals surface area contributed by atoms with Crippen molar-refractivity contribution in [3.8, 4) is 0 Å². The number of hydrogen-bond acceptors (Lipinski definition) is 4. The third-order valence-electron chi connectivity index (χ3n) is 1.85. The molecule has 0 aliphatic carbocycles.